The minimum Gasteiger partial charge on any atom is -0.481 e. The van der Waals surface area contributed by atoms with Crippen molar-refractivity contribution in [1.82, 2.24) is 0 Å². The van der Waals surface area contributed by atoms with Crippen molar-refractivity contribution in [3.05, 3.63) is 45.3 Å². The van der Waals surface area contributed by atoms with Gasteiger partial charge in [-0.05, 0) is 50.6 Å². The van der Waals surface area contributed by atoms with Crippen molar-refractivity contribution in [1.29, 1.82) is 0 Å². The van der Waals surface area contributed by atoms with Crippen LogP contribution in [0.25, 0.3) is 0 Å². The van der Waals surface area contributed by atoms with Gasteiger partial charge in [-0.1, -0.05) is 11.6 Å². The second-order valence-electron chi connectivity index (χ2n) is 5.25. The maximum atomic E-state index is 12.4. The molecule has 0 saturated heterocycles. The number of nitrogens with one attached hydrogen (secondary N) is 1. The third-order valence-corrected chi connectivity index (χ3v) is 4.51. The molecule has 0 aliphatic heterocycles. The molecule has 0 aliphatic rings. The molecule has 1 aromatic carbocycles. The molecule has 0 bridgehead atoms. The number of methoxy groups -OCH3 is 1. The number of carbonyl (C=O) groups excluding carboxylic acids is 2. The number of anilines is 1. The summed E-state index contributed by atoms with van der Waals surface area (Å²) in [5.41, 5.74) is 1.17. The summed E-state index contributed by atoms with van der Waals surface area (Å²) in [6, 6.07) is 6.86. The zero-order valence-corrected chi connectivity index (χ0v) is 15.4. The first kappa shape index (κ1) is 18.3. The lowest BCUT2D eigenvalue weighted by molar-refractivity contribution is -0.122. The molecule has 0 radical (unpaired) electrons. The smallest absolute Gasteiger partial charge is 0.340 e. The summed E-state index contributed by atoms with van der Waals surface area (Å²) >= 11 is 7.22. The minimum absolute atomic E-state index is 0.336. The normalized spacial score (nSPS) is 11.7. The van der Waals surface area contributed by atoms with Crippen molar-refractivity contribution < 1.29 is 19.1 Å². The van der Waals surface area contributed by atoms with Gasteiger partial charge in [0, 0.05) is 9.90 Å². The van der Waals surface area contributed by atoms with Crippen LogP contribution in [0.4, 0.5) is 5.00 Å². The van der Waals surface area contributed by atoms with Crippen LogP contribution < -0.4 is 10.1 Å². The van der Waals surface area contributed by atoms with Crippen molar-refractivity contribution >= 4 is 39.8 Å². The van der Waals surface area contributed by atoms with Crippen LogP contribution in [0.2, 0.25) is 5.02 Å². The number of carbonyl (C=O) groups is 2. The SMILES string of the molecule is COC(=O)c1cc(C)sc1NC(=O)C(C)Oc1ccc(Cl)cc1C. The fourth-order valence-corrected chi connectivity index (χ4v) is 3.20. The molecule has 1 heterocycles. The largest absolute Gasteiger partial charge is 0.481 e. The van der Waals surface area contributed by atoms with Crippen molar-refractivity contribution in [3.63, 3.8) is 0 Å². The highest BCUT2D eigenvalue weighted by Gasteiger charge is 2.21. The molecule has 128 valence electrons. The average Bonchev–Trinajstić information content (AvgIpc) is 2.89. The Bertz CT molecular complexity index is 772. The first-order valence-corrected chi connectivity index (χ1v) is 8.43. The number of thiophene rings is 1. The van der Waals surface area contributed by atoms with Crippen LogP contribution in [0.5, 0.6) is 5.75 Å². The molecule has 0 saturated carbocycles. The molecule has 0 fully saturated rings. The first-order valence-electron chi connectivity index (χ1n) is 7.24. The number of halogens is 1. The van der Waals surface area contributed by atoms with E-state index < -0.39 is 12.1 Å². The Morgan fingerprint density at radius 1 is 1.25 bits per heavy atom. The van der Waals surface area contributed by atoms with Crippen molar-refractivity contribution in [2.24, 2.45) is 0 Å². The fourth-order valence-electron chi connectivity index (χ4n) is 2.07. The molecule has 7 heteroatoms. The van der Waals surface area contributed by atoms with Gasteiger partial charge in [0.15, 0.2) is 6.10 Å². The van der Waals surface area contributed by atoms with E-state index >= 15 is 0 Å². The summed E-state index contributed by atoms with van der Waals surface area (Å²) in [4.78, 5) is 25.0. The zero-order chi connectivity index (χ0) is 17.9. The van der Waals surface area contributed by atoms with E-state index in [0.29, 0.717) is 21.3 Å². The molecule has 1 unspecified atom stereocenters. The summed E-state index contributed by atoms with van der Waals surface area (Å²) in [5, 5.41) is 3.78. The molecule has 0 spiro atoms. The maximum absolute atomic E-state index is 12.4. The van der Waals surface area contributed by atoms with Crippen molar-refractivity contribution in [3.8, 4) is 5.75 Å². The predicted molar refractivity (Wildman–Crippen MR) is 95.3 cm³/mol. The Morgan fingerprint density at radius 3 is 2.58 bits per heavy atom. The minimum atomic E-state index is -0.738. The van der Waals surface area contributed by atoms with E-state index in [4.69, 9.17) is 21.1 Å². The number of aryl methyl sites for hydroxylation is 2. The third kappa shape index (κ3) is 4.27. The number of amides is 1. The summed E-state index contributed by atoms with van der Waals surface area (Å²) in [5.74, 6) is -0.259. The molecule has 1 atom stereocenters. The number of benzene rings is 1. The highest BCUT2D eigenvalue weighted by atomic mass is 35.5. The molecule has 24 heavy (non-hydrogen) atoms. The Morgan fingerprint density at radius 2 is 1.96 bits per heavy atom. The molecule has 2 rings (SSSR count). The highest BCUT2D eigenvalue weighted by Crippen LogP contribution is 2.29. The van der Waals surface area contributed by atoms with Crippen LogP contribution >= 0.6 is 22.9 Å². The summed E-state index contributed by atoms with van der Waals surface area (Å²) in [7, 11) is 1.30. The third-order valence-electron chi connectivity index (χ3n) is 3.31. The molecule has 2 aromatic rings. The van der Waals surface area contributed by atoms with E-state index in [0.717, 1.165) is 10.4 Å². The van der Waals surface area contributed by atoms with Crippen LogP contribution in [0.15, 0.2) is 24.3 Å². The number of ether oxygens (including phenoxy) is 2. The van der Waals surface area contributed by atoms with Crippen LogP contribution in [-0.2, 0) is 9.53 Å². The van der Waals surface area contributed by atoms with E-state index in [1.165, 1.54) is 18.4 Å². The van der Waals surface area contributed by atoms with E-state index in [1.54, 1.807) is 31.2 Å². The number of rotatable bonds is 5. The fraction of sp³-hybridized carbons (Fsp3) is 0.294. The van der Waals surface area contributed by atoms with Gasteiger partial charge in [0.05, 0.1) is 12.7 Å². The van der Waals surface area contributed by atoms with Gasteiger partial charge >= 0.3 is 5.97 Å². The van der Waals surface area contributed by atoms with E-state index in [9.17, 15) is 9.59 Å². The first-order chi connectivity index (χ1) is 11.3. The van der Waals surface area contributed by atoms with Gasteiger partial charge in [0.2, 0.25) is 0 Å². The number of esters is 1. The van der Waals surface area contributed by atoms with Gasteiger partial charge in [-0.25, -0.2) is 4.79 Å². The van der Waals surface area contributed by atoms with Gasteiger partial charge in [0.25, 0.3) is 5.91 Å². The molecule has 5 nitrogen and oxygen atoms in total. The quantitative estimate of drug-likeness (QED) is 0.804. The van der Waals surface area contributed by atoms with Gasteiger partial charge in [-0.3, -0.25) is 4.79 Å². The van der Waals surface area contributed by atoms with Gasteiger partial charge in [-0.2, -0.15) is 0 Å². The molecule has 1 aromatic heterocycles. The number of hydrogen-bond donors (Lipinski definition) is 1. The molecule has 1 amide bonds. The summed E-state index contributed by atoms with van der Waals surface area (Å²) in [6.07, 6.45) is -0.738. The predicted octanol–water partition coefficient (Wildman–Crippen LogP) is 4.21. The number of hydrogen-bond acceptors (Lipinski definition) is 5. The van der Waals surface area contributed by atoms with Crippen LogP contribution in [-0.4, -0.2) is 25.1 Å². The van der Waals surface area contributed by atoms with Crippen LogP contribution in [0.1, 0.15) is 27.7 Å². The van der Waals surface area contributed by atoms with Gasteiger partial charge < -0.3 is 14.8 Å². The van der Waals surface area contributed by atoms with Crippen LogP contribution in [0, 0.1) is 13.8 Å². The topological polar surface area (TPSA) is 64.6 Å². The molecular weight excluding hydrogens is 350 g/mol. The second kappa shape index (κ2) is 7.68. The zero-order valence-electron chi connectivity index (χ0n) is 13.8. The highest BCUT2D eigenvalue weighted by molar-refractivity contribution is 7.16. The van der Waals surface area contributed by atoms with Crippen molar-refractivity contribution in [2.75, 3.05) is 12.4 Å². The Kier molecular flexibility index (Phi) is 5.85. The standard InChI is InChI=1S/C17H18ClNO4S/c1-9-7-12(18)5-6-14(9)23-11(3)15(20)19-16-13(17(21)22-4)8-10(2)24-16/h5-8,11H,1-4H3,(H,19,20). The summed E-state index contributed by atoms with van der Waals surface area (Å²) < 4.78 is 10.4. The summed E-state index contributed by atoms with van der Waals surface area (Å²) in [6.45, 7) is 5.34. The lowest BCUT2D eigenvalue weighted by Gasteiger charge is -2.16. The Labute approximate surface area is 149 Å². The Hall–Kier alpha value is -2.05. The average molecular weight is 368 g/mol. The lowest BCUT2D eigenvalue weighted by atomic mass is 10.2. The second-order valence-corrected chi connectivity index (χ2v) is 6.94. The van der Waals surface area contributed by atoms with Gasteiger partial charge in [0.1, 0.15) is 10.8 Å². The maximum Gasteiger partial charge on any atom is 0.340 e. The molecule has 0 aliphatic carbocycles. The van der Waals surface area contributed by atoms with Crippen molar-refractivity contribution in [2.45, 2.75) is 26.9 Å². The van der Waals surface area contributed by atoms with Crippen LogP contribution in [0.3, 0.4) is 0 Å². The van der Waals surface area contributed by atoms with Gasteiger partial charge in [-0.15, -0.1) is 11.3 Å². The lowest BCUT2D eigenvalue weighted by Crippen LogP contribution is -2.30. The van der Waals surface area contributed by atoms with E-state index in [2.05, 4.69) is 5.32 Å². The monoisotopic (exact) mass is 367 g/mol. The van der Waals surface area contributed by atoms with E-state index in [-0.39, 0.29) is 5.91 Å². The Balaban J connectivity index is 2.10. The molecular formula is C17H18ClNO4S. The molecule has 1 N–H and O–H groups in total. The van der Waals surface area contributed by atoms with E-state index in [1.807, 2.05) is 13.8 Å².